The molecule has 6 nitrogen and oxygen atoms in total. The van der Waals surface area contributed by atoms with E-state index in [1.807, 2.05) is 49.4 Å². The van der Waals surface area contributed by atoms with E-state index in [1.165, 1.54) is 0 Å². The summed E-state index contributed by atoms with van der Waals surface area (Å²) in [6.45, 7) is 2.39. The van der Waals surface area contributed by atoms with Crippen molar-refractivity contribution in [1.29, 1.82) is 0 Å². The fourth-order valence-corrected chi connectivity index (χ4v) is 2.66. The van der Waals surface area contributed by atoms with E-state index in [9.17, 15) is 4.79 Å². The smallest absolute Gasteiger partial charge is 0.220 e. The van der Waals surface area contributed by atoms with Crippen LogP contribution in [0.2, 0.25) is 0 Å². The van der Waals surface area contributed by atoms with Crippen molar-refractivity contribution in [1.82, 2.24) is 5.32 Å². The van der Waals surface area contributed by atoms with E-state index in [2.05, 4.69) is 5.32 Å². The summed E-state index contributed by atoms with van der Waals surface area (Å²) in [7, 11) is 4.84. The summed E-state index contributed by atoms with van der Waals surface area (Å²) in [5.74, 6) is 2.94. The van der Waals surface area contributed by atoms with Crippen molar-refractivity contribution in [3.8, 4) is 23.0 Å². The fraction of sp³-hybridized carbons (Fsp3) is 0.381. The van der Waals surface area contributed by atoms with E-state index in [1.54, 1.807) is 21.3 Å². The van der Waals surface area contributed by atoms with Gasteiger partial charge in [-0.25, -0.2) is 0 Å². The van der Waals surface area contributed by atoms with Crippen LogP contribution in [0, 0.1) is 0 Å². The van der Waals surface area contributed by atoms with Crippen LogP contribution in [0.15, 0.2) is 42.5 Å². The first-order chi connectivity index (χ1) is 13.1. The summed E-state index contributed by atoms with van der Waals surface area (Å²) in [6, 6.07) is 12.7. The average Bonchev–Trinajstić information content (AvgIpc) is 2.71. The van der Waals surface area contributed by atoms with Gasteiger partial charge in [0.2, 0.25) is 5.91 Å². The molecule has 0 aliphatic heterocycles. The summed E-state index contributed by atoms with van der Waals surface area (Å²) in [4.78, 5) is 12.2. The highest BCUT2D eigenvalue weighted by molar-refractivity contribution is 5.76. The van der Waals surface area contributed by atoms with Crippen molar-refractivity contribution in [3.05, 3.63) is 48.0 Å². The Balaban J connectivity index is 1.79. The minimum absolute atomic E-state index is 0.0364. The molecular formula is C21H27NO5. The second kappa shape index (κ2) is 10.3. The lowest BCUT2D eigenvalue weighted by Gasteiger charge is -2.18. The Morgan fingerprint density at radius 2 is 1.56 bits per heavy atom. The summed E-state index contributed by atoms with van der Waals surface area (Å²) in [5.41, 5.74) is 0.875. The third-order valence-electron chi connectivity index (χ3n) is 4.16. The van der Waals surface area contributed by atoms with E-state index in [0.29, 0.717) is 25.2 Å². The minimum atomic E-state index is -0.190. The van der Waals surface area contributed by atoms with E-state index >= 15 is 0 Å². The van der Waals surface area contributed by atoms with Gasteiger partial charge >= 0.3 is 0 Å². The standard InChI is InChI=1S/C21H27NO5/c1-15(19-14-18(25-3)11-12-20(19)26-4)22-21(23)6-5-13-27-17-9-7-16(24-2)8-10-17/h7-12,14-15H,5-6,13H2,1-4H3,(H,22,23)/t15-/m0/s1. The zero-order valence-corrected chi connectivity index (χ0v) is 16.3. The Morgan fingerprint density at radius 1 is 0.926 bits per heavy atom. The molecule has 0 aliphatic carbocycles. The van der Waals surface area contributed by atoms with Gasteiger partial charge < -0.3 is 24.3 Å². The molecule has 27 heavy (non-hydrogen) atoms. The van der Waals surface area contributed by atoms with E-state index in [0.717, 1.165) is 22.8 Å². The molecule has 0 spiro atoms. The van der Waals surface area contributed by atoms with Crippen molar-refractivity contribution >= 4 is 5.91 Å². The lowest BCUT2D eigenvalue weighted by molar-refractivity contribution is -0.121. The maximum Gasteiger partial charge on any atom is 0.220 e. The minimum Gasteiger partial charge on any atom is -0.497 e. The van der Waals surface area contributed by atoms with Crippen LogP contribution in [-0.2, 0) is 4.79 Å². The van der Waals surface area contributed by atoms with Crippen molar-refractivity contribution in [2.24, 2.45) is 0 Å². The Morgan fingerprint density at radius 3 is 2.19 bits per heavy atom. The summed E-state index contributed by atoms with van der Waals surface area (Å²) < 4.78 is 21.4. The zero-order valence-electron chi connectivity index (χ0n) is 16.3. The third kappa shape index (κ3) is 6.09. The molecule has 1 N–H and O–H groups in total. The van der Waals surface area contributed by atoms with Gasteiger partial charge in [0.05, 0.1) is 34.0 Å². The first-order valence-corrected chi connectivity index (χ1v) is 8.85. The zero-order chi connectivity index (χ0) is 19.6. The van der Waals surface area contributed by atoms with Crippen molar-refractivity contribution in [2.45, 2.75) is 25.8 Å². The van der Waals surface area contributed by atoms with Gasteiger partial charge in [0, 0.05) is 12.0 Å². The Kier molecular flexibility index (Phi) is 7.79. The molecular weight excluding hydrogens is 346 g/mol. The van der Waals surface area contributed by atoms with Gasteiger partial charge in [-0.3, -0.25) is 4.79 Å². The lowest BCUT2D eigenvalue weighted by Crippen LogP contribution is -2.27. The van der Waals surface area contributed by atoms with Crippen molar-refractivity contribution in [3.63, 3.8) is 0 Å². The normalized spacial score (nSPS) is 11.4. The molecule has 0 saturated heterocycles. The summed E-state index contributed by atoms with van der Waals surface area (Å²) in [6.07, 6.45) is 1.01. The summed E-state index contributed by atoms with van der Waals surface area (Å²) >= 11 is 0. The first kappa shape index (κ1) is 20.4. The molecule has 0 saturated carbocycles. The molecule has 2 aromatic carbocycles. The number of nitrogens with one attached hydrogen (secondary N) is 1. The molecule has 2 aromatic rings. The number of ether oxygens (including phenoxy) is 4. The van der Waals surface area contributed by atoms with E-state index in [-0.39, 0.29) is 11.9 Å². The van der Waals surface area contributed by atoms with Gasteiger partial charge in [-0.2, -0.15) is 0 Å². The molecule has 0 bridgehead atoms. The average molecular weight is 373 g/mol. The van der Waals surface area contributed by atoms with Crippen molar-refractivity contribution in [2.75, 3.05) is 27.9 Å². The lowest BCUT2D eigenvalue weighted by atomic mass is 10.1. The van der Waals surface area contributed by atoms with E-state index < -0.39 is 0 Å². The van der Waals surface area contributed by atoms with Crippen LogP contribution in [0.5, 0.6) is 23.0 Å². The molecule has 2 rings (SSSR count). The molecule has 1 amide bonds. The third-order valence-corrected chi connectivity index (χ3v) is 4.16. The van der Waals surface area contributed by atoms with Gasteiger partial charge in [0.25, 0.3) is 0 Å². The molecule has 0 heterocycles. The number of benzene rings is 2. The monoisotopic (exact) mass is 373 g/mol. The van der Waals surface area contributed by atoms with Gasteiger partial charge in [0.1, 0.15) is 23.0 Å². The molecule has 0 aliphatic rings. The highest BCUT2D eigenvalue weighted by Gasteiger charge is 2.15. The molecule has 0 unspecified atom stereocenters. The highest BCUT2D eigenvalue weighted by Crippen LogP contribution is 2.29. The van der Waals surface area contributed by atoms with Gasteiger partial charge in [-0.1, -0.05) is 0 Å². The van der Waals surface area contributed by atoms with Crippen LogP contribution < -0.4 is 24.3 Å². The van der Waals surface area contributed by atoms with Crippen LogP contribution in [0.3, 0.4) is 0 Å². The number of hydrogen-bond donors (Lipinski definition) is 1. The molecule has 6 heteroatoms. The number of rotatable bonds is 10. The van der Waals surface area contributed by atoms with Crippen LogP contribution in [-0.4, -0.2) is 33.8 Å². The Hall–Kier alpha value is -2.89. The van der Waals surface area contributed by atoms with Gasteiger partial charge in [0.15, 0.2) is 0 Å². The van der Waals surface area contributed by atoms with Crippen LogP contribution in [0.1, 0.15) is 31.4 Å². The van der Waals surface area contributed by atoms with E-state index in [4.69, 9.17) is 18.9 Å². The number of amides is 1. The van der Waals surface area contributed by atoms with Crippen LogP contribution in [0.25, 0.3) is 0 Å². The number of carbonyl (C=O) groups excluding carboxylic acids is 1. The van der Waals surface area contributed by atoms with Crippen LogP contribution in [0.4, 0.5) is 0 Å². The second-order valence-electron chi connectivity index (χ2n) is 6.02. The Labute approximate surface area is 160 Å². The predicted molar refractivity (Wildman–Crippen MR) is 104 cm³/mol. The molecule has 0 aromatic heterocycles. The highest BCUT2D eigenvalue weighted by atomic mass is 16.5. The van der Waals surface area contributed by atoms with Crippen molar-refractivity contribution < 1.29 is 23.7 Å². The second-order valence-corrected chi connectivity index (χ2v) is 6.02. The molecule has 1 atom stereocenters. The predicted octanol–water partition coefficient (Wildman–Crippen LogP) is 3.75. The quantitative estimate of drug-likeness (QED) is 0.643. The topological polar surface area (TPSA) is 66.0 Å². The Bertz CT molecular complexity index is 730. The fourth-order valence-electron chi connectivity index (χ4n) is 2.66. The number of hydrogen-bond acceptors (Lipinski definition) is 5. The summed E-state index contributed by atoms with van der Waals surface area (Å²) in [5, 5.41) is 2.99. The maximum absolute atomic E-state index is 12.2. The molecule has 146 valence electrons. The van der Waals surface area contributed by atoms with Gasteiger partial charge in [-0.05, 0) is 55.8 Å². The van der Waals surface area contributed by atoms with Gasteiger partial charge in [-0.15, -0.1) is 0 Å². The molecule has 0 radical (unpaired) electrons. The maximum atomic E-state index is 12.2. The number of methoxy groups -OCH3 is 3. The first-order valence-electron chi connectivity index (χ1n) is 8.85. The SMILES string of the molecule is COc1ccc(OCCCC(=O)N[C@@H](C)c2cc(OC)ccc2OC)cc1. The van der Waals surface area contributed by atoms with Crippen LogP contribution >= 0.6 is 0 Å². The number of carbonyl (C=O) groups is 1. The largest absolute Gasteiger partial charge is 0.497 e. The molecule has 0 fully saturated rings.